The molecule has 1 aliphatic rings. The van der Waals surface area contributed by atoms with Gasteiger partial charge in [0.25, 0.3) is 0 Å². The van der Waals surface area contributed by atoms with Gasteiger partial charge in [-0.05, 0) is 30.9 Å². The molecule has 2 rings (SSSR count). The van der Waals surface area contributed by atoms with Gasteiger partial charge in [-0.2, -0.15) is 0 Å². The largest absolute Gasteiger partial charge is 0.219 e. The number of allylic oxidation sites excluding steroid dienone is 1. The van der Waals surface area contributed by atoms with Crippen LogP contribution in [-0.2, 0) is 9.84 Å². The van der Waals surface area contributed by atoms with Crippen molar-refractivity contribution >= 4 is 9.84 Å². The summed E-state index contributed by atoms with van der Waals surface area (Å²) in [5.41, 5.74) is 0. The Balaban J connectivity index is 2.09. The smallest absolute Gasteiger partial charge is 0.199 e. The lowest BCUT2D eigenvalue weighted by atomic mass is 9.90. The van der Waals surface area contributed by atoms with Crippen molar-refractivity contribution in [3.8, 4) is 0 Å². The van der Waals surface area contributed by atoms with Crippen molar-refractivity contribution in [1.29, 1.82) is 0 Å². The zero-order chi connectivity index (χ0) is 12.1. The highest BCUT2D eigenvalue weighted by Crippen LogP contribution is 2.25. The Kier molecular flexibility index (Phi) is 4.00. The average Bonchev–Trinajstić information content (AvgIpc) is 2.39. The quantitative estimate of drug-likeness (QED) is 0.822. The van der Waals surface area contributed by atoms with Crippen LogP contribution < -0.4 is 0 Å². The third-order valence-electron chi connectivity index (χ3n) is 3.25. The van der Waals surface area contributed by atoms with Crippen LogP contribution in [0.5, 0.6) is 0 Å². The molecule has 1 aliphatic carbocycles. The van der Waals surface area contributed by atoms with E-state index in [-0.39, 0.29) is 0 Å². The van der Waals surface area contributed by atoms with Crippen molar-refractivity contribution in [2.45, 2.75) is 37.0 Å². The number of rotatable bonds is 3. The summed E-state index contributed by atoms with van der Waals surface area (Å²) in [5.74, 6) is 0.447. The van der Waals surface area contributed by atoms with Crippen LogP contribution >= 0.6 is 0 Å². The molecule has 0 spiro atoms. The van der Waals surface area contributed by atoms with Crippen molar-refractivity contribution in [3.05, 3.63) is 41.8 Å². The lowest BCUT2D eigenvalue weighted by molar-refractivity contribution is 0.419. The molecule has 1 fully saturated rings. The van der Waals surface area contributed by atoms with E-state index < -0.39 is 9.84 Å². The number of hydrogen-bond acceptors (Lipinski definition) is 2. The first kappa shape index (κ1) is 12.4. The summed E-state index contributed by atoms with van der Waals surface area (Å²) < 4.78 is 24.0. The lowest BCUT2D eigenvalue weighted by Crippen LogP contribution is -2.04. The van der Waals surface area contributed by atoms with Crippen molar-refractivity contribution < 1.29 is 8.42 Å². The molecule has 0 aromatic heterocycles. The molecule has 0 heterocycles. The molecular weight excluding hydrogens is 232 g/mol. The maximum atomic E-state index is 12.0. The SMILES string of the molecule is O=S(=O)(/C=C/C1CCCCC1)c1ccccc1. The molecule has 0 aliphatic heterocycles. The van der Waals surface area contributed by atoms with E-state index in [1.165, 1.54) is 24.7 Å². The van der Waals surface area contributed by atoms with Crippen molar-refractivity contribution in [1.82, 2.24) is 0 Å². The van der Waals surface area contributed by atoms with Crippen LogP contribution in [0.4, 0.5) is 0 Å². The number of sulfone groups is 1. The fraction of sp³-hybridized carbons (Fsp3) is 0.429. The van der Waals surface area contributed by atoms with E-state index in [4.69, 9.17) is 0 Å². The van der Waals surface area contributed by atoms with Gasteiger partial charge in [-0.1, -0.05) is 43.5 Å². The van der Waals surface area contributed by atoms with Gasteiger partial charge in [0.15, 0.2) is 9.84 Å². The standard InChI is InChI=1S/C14H18O2S/c15-17(16,14-9-5-2-6-10-14)12-11-13-7-3-1-4-8-13/h2,5-6,9-13H,1,3-4,7-8H2/b12-11+. The van der Waals surface area contributed by atoms with E-state index in [1.54, 1.807) is 24.3 Å². The molecule has 0 radical (unpaired) electrons. The van der Waals surface area contributed by atoms with Crippen molar-refractivity contribution in [3.63, 3.8) is 0 Å². The highest BCUT2D eigenvalue weighted by molar-refractivity contribution is 7.94. The Morgan fingerprint density at radius 2 is 1.65 bits per heavy atom. The van der Waals surface area contributed by atoms with E-state index in [1.807, 2.05) is 12.1 Å². The van der Waals surface area contributed by atoms with E-state index in [0.29, 0.717) is 10.8 Å². The second kappa shape index (κ2) is 5.50. The summed E-state index contributed by atoms with van der Waals surface area (Å²) in [4.78, 5) is 0.382. The van der Waals surface area contributed by atoms with Crippen LogP contribution in [0, 0.1) is 5.92 Å². The maximum Gasteiger partial charge on any atom is 0.199 e. The number of hydrogen-bond donors (Lipinski definition) is 0. The summed E-state index contributed by atoms with van der Waals surface area (Å²) >= 11 is 0. The van der Waals surface area contributed by atoms with Gasteiger partial charge in [0.05, 0.1) is 4.90 Å². The Morgan fingerprint density at radius 1 is 1.00 bits per heavy atom. The molecular formula is C14H18O2S. The van der Waals surface area contributed by atoms with Gasteiger partial charge in [0, 0.05) is 5.41 Å². The van der Waals surface area contributed by atoms with Crippen LogP contribution in [0.1, 0.15) is 32.1 Å². The molecule has 0 amide bonds. The summed E-state index contributed by atoms with van der Waals surface area (Å²) in [6.45, 7) is 0. The minimum absolute atomic E-state index is 0.382. The number of benzene rings is 1. The van der Waals surface area contributed by atoms with E-state index in [2.05, 4.69) is 0 Å². The first-order chi connectivity index (χ1) is 8.18. The van der Waals surface area contributed by atoms with E-state index in [0.717, 1.165) is 12.8 Å². The fourth-order valence-corrected chi connectivity index (χ4v) is 3.35. The third kappa shape index (κ3) is 3.43. The maximum absolute atomic E-state index is 12.0. The molecule has 1 saturated carbocycles. The van der Waals surface area contributed by atoms with Gasteiger partial charge >= 0.3 is 0 Å². The topological polar surface area (TPSA) is 34.1 Å². The van der Waals surface area contributed by atoms with Gasteiger partial charge < -0.3 is 0 Å². The first-order valence-corrected chi connectivity index (χ1v) is 7.71. The molecule has 92 valence electrons. The second-order valence-corrected chi connectivity index (χ2v) is 6.42. The minimum atomic E-state index is -3.24. The van der Waals surface area contributed by atoms with Gasteiger partial charge in [-0.3, -0.25) is 0 Å². The summed E-state index contributed by atoms with van der Waals surface area (Å²) in [6.07, 6.45) is 7.86. The molecule has 0 N–H and O–H groups in total. The Morgan fingerprint density at radius 3 is 2.29 bits per heavy atom. The Bertz CT molecular complexity index is 468. The predicted molar refractivity (Wildman–Crippen MR) is 69.3 cm³/mol. The summed E-state index contributed by atoms with van der Waals surface area (Å²) in [7, 11) is -3.24. The lowest BCUT2D eigenvalue weighted by Gasteiger charge is -2.17. The average molecular weight is 250 g/mol. The molecule has 17 heavy (non-hydrogen) atoms. The molecule has 1 aromatic carbocycles. The molecule has 2 nitrogen and oxygen atoms in total. The van der Waals surface area contributed by atoms with E-state index in [9.17, 15) is 8.42 Å². The van der Waals surface area contributed by atoms with Crippen LogP contribution in [0.2, 0.25) is 0 Å². The van der Waals surface area contributed by atoms with Gasteiger partial charge in [-0.15, -0.1) is 0 Å². The molecule has 0 saturated heterocycles. The molecule has 3 heteroatoms. The Hall–Kier alpha value is -1.09. The second-order valence-electron chi connectivity index (χ2n) is 4.58. The molecule has 0 bridgehead atoms. The summed E-state index contributed by atoms with van der Waals surface area (Å²) in [6, 6.07) is 8.60. The highest BCUT2D eigenvalue weighted by atomic mass is 32.2. The molecule has 0 atom stereocenters. The fourth-order valence-electron chi connectivity index (χ4n) is 2.23. The monoisotopic (exact) mass is 250 g/mol. The Labute approximate surface area is 103 Å². The van der Waals surface area contributed by atoms with Gasteiger partial charge in [0.1, 0.15) is 0 Å². The van der Waals surface area contributed by atoms with Crippen molar-refractivity contribution in [2.75, 3.05) is 0 Å². The third-order valence-corrected chi connectivity index (χ3v) is 4.70. The molecule has 1 aromatic rings. The van der Waals surface area contributed by atoms with Crippen LogP contribution in [0.3, 0.4) is 0 Å². The van der Waals surface area contributed by atoms with E-state index >= 15 is 0 Å². The van der Waals surface area contributed by atoms with Crippen LogP contribution in [-0.4, -0.2) is 8.42 Å². The zero-order valence-corrected chi connectivity index (χ0v) is 10.7. The predicted octanol–water partition coefficient (Wildman–Crippen LogP) is 3.55. The van der Waals surface area contributed by atoms with Gasteiger partial charge in [-0.25, -0.2) is 8.42 Å². The minimum Gasteiger partial charge on any atom is -0.219 e. The van der Waals surface area contributed by atoms with Crippen molar-refractivity contribution in [2.24, 2.45) is 5.92 Å². The highest BCUT2D eigenvalue weighted by Gasteiger charge is 2.13. The first-order valence-electron chi connectivity index (χ1n) is 6.17. The molecule has 0 unspecified atom stereocenters. The van der Waals surface area contributed by atoms with Gasteiger partial charge in [0.2, 0.25) is 0 Å². The summed E-state index contributed by atoms with van der Waals surface area (Å²) in [5, 5.41) is 1.39. The normalized spacial score (nSPS) is 18.6. The zero-order valence-electron chi connectivity index (χ0n) is 9.88. The van der Waals surface area contributed by atoms with Crippen LogP contribution in [0.25, 0.3) is 0 Å². The van der Waals surface area contributed by atoms with Crippen LogP contribution in [0.15, 0.2) is 46.7 Å².